The van der Waals surface area contributed by atoms with Gasteiger partial charge in [0.25, 0.3) is 0 Å². The number of hydrogen-bond acceptors (Lipinski definition) is 2. The summed E-state index contributed by atoms with van der Waals surface area (Å²) < 4.78 is 0. The van der Waals surface area contributed by atoms with Gasteiger partial charge in [0.1, 0.15) is 6.04 Å². The van der Waals surface area contributed by atoms with Crippen molar-refractivity contribution in [2.45, 2.75) is 31.7 Å². The van der Waals surface area contributed by atoms with Gasteiger partial charge < -0.3 is 10.2 Å². The molecule has 2 fully saturated rings. The van der Waals surface area contributed by atoms with E-state index in [1.54, 1.807) is 4.90 Å². The van der Waals surface area contributed by atoms with Gasteiger partial charge in [-0.3, -0.25) is 9.59 Å². The zero-order valence-corrected chi connectivity index (χ0v) is 11.5. The Hall–Kier alpha value is -1.84. The van der Waals surface area contributed by atoms with E-state index in [4.69, 9.17) is 0 Å². The summed E-state index contributed by atoms with van der Waals surface area (Å²) in [5, 5.41) is 2.81. The van der Waals surface area contributed by atoms with Crippen LogP contribution in [0, 0.1) is 5.92 Å². The highest BCUT2D eigenvalue weighted by atomic mass is 16.2. The number of carbonyl (C=O) groups excluding carboxylic acids is 2. The van der Waals surface area contributed by atoms with Gasteiger partial charge in [0.15, 0.2) is 0 Å². The first-order chi connectivity index (χ1) is 9.74. The molecule has 1 aliphatic carbocycles. The monoisotopic (exact) mass is 272 g/mol. The average molecular weight is 272 g/mol. The summed E-state index contributed by atoms with van der Waals surface area (Å²) in [6, 6.07) is 8.97. The van der Waals surface area contributed by atoms with Crippen molar-refractivity contribution in [3.8, 4) is 0 Å². The van der Waals surface area contributed by atoms with E-state index in [0.29, 0.717) is 5.92 Å². The molecule has 1 atom stereocenters. The lowest BCUT2D eigenvalue weighted by atomic mass is 10.0. The van der Waals surface area contributed by atoms with Gasteiger partial charge in [-0.15, -0.1) is 0 Å². The van der Waals surface area contributed by atoms with Crippen LogP contribution in [-0.2, 0) is 9.59 Å². The third-order valence-corrected chi connectivity index (χ3v) is 4.28. The molecule has 1 aromatic carbocycles. The van der Waals surface area contributed by atoms with E-state index in [1.165, 1.54) is 25.7 Å². The quantitative estimate of drug-likeness (QED) is 0.913. The molecule has 0 radical (unpaired) electrons. The van der Waals surface area contributed by atoms with Gasteiger partial charge in [0, 0.05) is 6.54 Å². The van der Waals surface area contributed by atoms with Crippen molar-refractivity contribution in [3.05, 3.63) is 35.9 Å². The summed E-state index contributed by atoms with van der Waals surface area (Å²) >= 11 is 0. The first-order valence-corrected chi connectivity index (χ1v) is 7.37. The van der Waals surface area contributed by atoms with Crippen LogP contribution in [0.2, 0.25) is 0 Å². The van der Waals surface area contributed by atoms with Gasteiger partial charge in [-0.05, 0) is 24.3 Å². The summed E-state index contributed by atoms with van der Waals surface area (Å²) in [7, 11) is 0. The predicted molar refractivity (Wildman–Crippen MR) is 75.9 cm³/mol. The molecule has 20 heavy (non-hydrogen) atoms. The molecule has 1 saturated heterocycles. The lowest BCUT2D eigenvalue weighted by Gasteiger charge is -2.34. The Labute approximate surface area is 119 Å². The van der Waals surface area contributed by atoms with Crippen molar-refractivity contribution >= 4 is 11.8 Å². The topological polar surface area (TPSA) is 49.4 Å². The van der Waals surface area contributed by atoms with Crippen molar-refractivity contribution in [3.63, 3.8) is 0 Å². The largest absolute Gasteiger partial charge is 0.339 e. The highest BCUT2D eigenvalue weighted by Gasteiger charge is 2.34. The van der Waals surface area contributed by atoms with Crippen molar-refractivity contribution in [1.29, 1.82) is 0 Å². The number of rotatable bonds is 3. The number of nitrogens with one attached hydrogen (secondary N) is 1. The minimum atomic E-state index is -0.515. The first kappa shape index (κ1) is 13.2. The van der Waals surface area contributed by atoms with Crippen LogP contribution < -0.4 is 5.32 Å². The molecule has 1 heterocycles. The number of hydrogen-bond donors (Lipinski definition) is 1. The lowest BCUT2D eigenvalue weighted by molar-refractivity contribution is -0.145. The summed E-state index contributed by atoms with van der Waals surface area (Å²) in [5.74, 6) is 0.542. The molecule has 2 aliphatic rings. The van der Waals surface area contributed by atoms with Crippen LogP contribution in [0.25, 0.3) is 0 Å². The first-order valence-electron chi connectivity index (χ1n) is 7.37. The molecule has 1 N–H and O–H groups in total. The second kappa shape index (κ2) is 5.65. The third kappa shape index (κ3) is 2.69. The second-order valence-electron chi connectivity index (χ2n) is 5.78. The van der Waals surface area contributed by atoms with Gasteiger partial charge >= 0.3 is 0 Å². The van der Waals surface area contributed by atoms with Crippen LogP contribution >= 0.6 is 0 Å². The van der Waals surface area contributed by atoms with Gasteiger partial charge in [0.2, 0.25) is 11.8 Å². The van der Waals surface area contributed by atoms with Gasteiger partial charge in [-0.1, -0.05) is 43.2 Å². The number of benzene rings is 1. The maximum Gasteiger partial charge on any atom is 0.250 e. The van der Waals surface area contributed by atoms with E-state index in [9.17, 15) is 9.59 Å². The molecule has 0 bridgehead atoms. The highest BCUT2D eigenvalue weighted by molar-refractivity contribution is 5.95. The Morgan fingerprint density at radius 3 is 2.50 bits per heavy atom. The van der Waals surface area contributed by atoms with E-state index in [2.05, 4.69) is 5.32 Å². The molecule has 0 aromatic heterocycles. The maximum atomic E-state index is 12.6. The van der Waals surface area contributed by atoms with Crippen LogP contribution in [-0.4, -0.2) is 29.8 Å². The molecule has 106 valence electrons. The summed E-state index contributed by atoms with van der Waals surface area (Å²) in [6.07, 6.45) is 4.87. The fraction of sp³-hybridized carbons (Fsp3) is 0.500. The second-order valence-corrected chi connectivity index (χ2v) is 5.78. The molecule has 4 heteroatoms. The standard InChI is InChI=1S/C16H20N2O2/c19-14-11-18(10-12-6-4-5-7-12)16(20)15(17-14)13-8-2-1-3-9-13/h1-3,8-9,12,15H,4-7,10-11H2,(H,17,19). The zero-order chi connectivity index (χ0) is 13.9. The predicted octanol–water partition coefficient (Wildman–Crippen LogP) is 1.88. The molecule has 2 amide bonds. The van der Waals surface area contributed by atoms with Crippen molar-refractivity contribution in [2.75, 3.05) is 13.1 Å². The van der Waals surface area contributed by atoms with E-state index in [1.807, 2.05) is 30.3 Å². The SMILES string of the molecule is O=C1CN(CC2CCCC2)C(=O)C(c2ccccc2)N1. The molecular weight excluding hydrogens is 252 g/mol. The molecule has 0 spiro atoms. The summed E-state index contributed by atoms with van der Waals surface area (Å²) in [6.45, 7) is 0.939. The van der Waals surface area contributed by atoms with Crippen LogP contribution in [0.15, 0.2) is 30.3 Å². The summed E-state index contributed by atoms with van der Waals surface area (Å²) in [4.78, 5) is 26.2. The van der Waals surface area contributed by atoms with Crippen LogP contribution in [0.4, 0.5) is 0 Å². The molecule has 1 aliphatic heterocycles. The zero-order valence-electron chi connectivity index (χ0n) is 11.5. The fourth-order valence-electron chi connectivity index (χ4n) is 3.23. The molecule has 1 unspecified atom stereocenters. The van der Waals surface area contributed by atoms with E-state index < -0.39 is 6.04 Å². The Kier molecular flexibility index (Phi) is 3.72. The number of nitrogens with zero attached hydrogens (tertiary/aromatic N) is 1. The fourth-order valence-corrected chi connectivity index (χ4v) is 3.23. The van der Waals surface area contributed by atoms with Crippen molar-refractivity contribution in [1.82, 2.24) is 10.2 Å². The van der Waals surface area contributed by atoms with Gasteiger partial charge in [-0.25, -0.2) is 0 Å². The molecule has 1 saturated carbocycles. The van der Waals surface area contributed by atoms with E-state index in [0.717, 1.165) is 12.1 Å². The molecule has 4 nitrogen and oxygen atoms in total. The Bertz CT molecular complexity index is 494. The minimum absolute atomic E-state index is 0.0303. The highest BCUT2D eigenvalue weighted by Crippen LogP contribution is 2.27. The Morgan fingerprint density at radius 2 is 1.80 bits per heavy atom. The van der Waals surface area contributed by atoms with Crippen LogP contribution in [0.3, 0.4) is 0 Å². The minimum Gasteiger partial charge on any atom is -0.339 e. The number of amides is 2. The van der Waals surface area contributed by atoms with Crippen molar-refractivity contribution in [2.24, 2.45) is 5.92 Å². The van der Waals surface area contributed by atoms with Crippen LogP contribution in [0.1, 0.15) is 37.3 Å². The number of piperazine rings is 1. The Balaban J connectivity index is 1.75. The third-order valence-electron chi connectivity index (χ3n) is 4.28. The smallest absolute Gasteiger partial charge is 0.250 e. The van der Waals surface area contributed by atoms with E-state index in [-0.39, 0.29) is 18.4 Å². The lowest BCUT2D eigenvalue weighted by Crippen LogP contribution is -2.54. The van der Waals surface area contributed by atoms with Crippen molar-refractivity contribution < 1.29 is 9.59 Å². The summed E-state index contributed by atoms with van der Waals surface area (Å²) in [5.41, 5.74) is 0.863. The molecular formula is C16H20N2O2. The van der Waals surface area contributed by atoms with Crippen LogP contribution in [0.5, 0.6) is 0 Å². The van der Waals surface area contributed by atoms with Gasteiger partial charge in [0.05, 0.1) is 6.54 Å². The average Bonchev–Trinajstić information content (AvgIpc) is 2.96. The Morgan fingerprint density at radius 1 is 1.10 bits per heavy atom. The molecule has 3 rings (SSSR count). The van der Waals surface area contributed by atoms with E-state index >= 15 is 0 Å². The van der Waals surface area contributed by atoms with Gasteiger partial charge in [-0.2, -0.15) is 0 Å². The maximum absolute atomic E-state index is 12.6. The number of carbonyl (C=O) groups is 2. The molecule has 1 aromatic rings. The normalized spacial score (nSPS) is 24.0.